The number of aromatic nitrogens is 1. The molecule has 0 aliphatic rings. The molecule has 260 valence electrons. The van der Waals surface area contributed by atoms with Crippen LogP contribution in [0.15, 0.2) is 54.7 Å². The van der Waals surface area contributed by atoms with Gasteiger partial charge in [-0.05, 0) is 54.1 Å². The molecule has 0 fully saturated rings. The van der Waals surface area contributed by atoms with Crippen molar-refractivity contribution in [1.82, 2.24) is 10.3 Å². The molecule has 1 amide bonds. The summed E-state index contributed by atoms with van der Waals surface area (Å²) in [5.41, 5.74) is 1.41. The van der Waals surface area contributed by atoms with Crippen LogP contribution >= 0.6 is 0 Å². The van der Waals surface area contributed by atoms with E-state index >= 15 is 0 Å². The molecule has 4 aromatic rings. The Labute approximate surface area is 274 Å². The Balaban J connectivity index is 0.00000400. The number of hydrogen-bond donors (Lipinski definition) is 3. The van der Waals surface area contributed by atoms with E-state index in [1.165, 1.54) is 20.4 Å². The normalized spacial score (nSPS) is 11.9. The molecule has 3 N–H and O–H groups in total. The second kappa shape index (κ2) is 17.8. The second-order valence-corrected chi connectivity index (χ2v) is 10.5. The van der Waals surface area contributed by atoms with Gasteiger partial charge in [0.1, 0.15) is 41.4 Å². The molecule has 0 aliphatic carbocycles. The van der Waals surface area contributed by atoms with Crippen molar-refractivity contribution >= 4 is 28.3 Å². The Kier molecular flexibility index (Phi) is 14.5. The largest absolute Gasteiger partial charge is 0.496 e. The van der Waals surface area contributed by atoms with E-state index in [-0.39, 0.29) is 21.5 Å². The van der Waals surface area contributed by atoms with Crippen molar-refractivity contribution < 1.29 is 51.5 Å². The minimum Gasteiger partial charge on any atom is -0.496 e. The average molecular weight is 680 g/mol. The maximum atomic E-state index is 14.9. The van der Waals surface area contributed by atoms with Crippen molar-refractivity contribution in [3.8, 4) is 22.8 Å². The van der Waals surface area contributed by atoms with Gasteiger partial charge in [0.2, 0.25) is 0 Å². The van der Waals surface area contributed by atoms with Gasteiger partial charge in [-0.15, -0.1) is 0 Å². The van der Waals surface area contributed by atoms with Gasteiger partial charge >= 0.3 is 5.97 Å². The summed E-state index contributed by atoms with van der Waals surface area (Å²) in [7, 11) is 3.06. The van der Waals surface area contributed by atoms with Gasteiger partial charge in [-0.2, -0.15) is 0 Å². The van der Waals surface area contributed by atoms with Crippen LogP contribution in [0.3, 0.4) is 0 Å². The summed E-state index contributed by atoms with van der Waals surface area (Å²) < 4.78 is 59.8. The number of carbonyl (C=O) groups excluding carboxylic acids is 1. The summed E-state index contributed by atoms with van der Waals surface area (Å²) in [6, 6.07) is 10.4. The fraction of sp³-hybridized carbons (Fsp3) is 0.324. The van der Waals surface area contributed by atoms with E-state index in [4.69, 9.17) is 14.2 Å². The molecule has 3 aromatic carbocycles. The van der Waals surface area contributed by atoms with E-state index in [9.17, 15) is 27.9 Å². The first-order valence-electron chi connectivity index (χ1n) is 14.7. The second-order valence-electron chi connectivity index (χ2n) is 10.5. The van der Waals surface area contributed by atoms with Crippen LogP contribution in [0.1, 0.15) is 41.8 Å². The zero-order chi connectivity index (χ0) is 33.4. The first-order valence-corrected chi connectivity index (χ1v) is 14.7. The van der Waals surface area contributed by atoms with Crippen LogP contribution in [0.25, 0.3) is 22.0 Å². The van der Waals surface area contributed by atoms with Crippen LogP contribution in [0.2, 0.25) is 0 Å². The Morgan fingerprint density at radius 3 is 2.08 bits per heavy atom. The van der Waals surface area contributed by atoms with Crippen LogP contribution in [0.4, 0.5) is 28.3 Å². The minimum atomic E-state index is -1.56. The lowest BCUT2D eigenvalue weighted by atomic mass is 9.95. The molecule has 0 aliphatic heterocycles. The number of pyridine rings is 1. The molecular formula is C34H38F5N3O6. The maximum Gasteiger partial charge on any atom is 0.326 e. The monoisotopic (exact) mass is 679 g/mol. The topological polar surface area (TPSA) is 119 Å². The number of benzene rings is 3. The van der Waals surface area contributed by atoms with Crippen molar-refractivity contribution in [1.29, 1.82) is 0 Å². The number of nitrogens with one attached hydrogen (secondary N) is 2. The summed E-state index contributed by atoms with van der Waals surface area (Å²) in [6.07, 6.45) is 1.62. The van der Waals surface area contributed by atoms with E-state index in [1.807, 2.05) is 25.1 Å². The first kappa shape index (κ1) is 39.2. The molecule has 0 bridgehead atoms. The van der Waals surface area contributed by atoms with Crippen LogP contribution in [0, 0.1) is 11.6 Å². The molecule has 4 rings (SSSR count). The highest BCUT2D eigenvalue weighted by molar-refractivity contribution is 6.00. The summed E-state index contributed by atoms with van der Waals surface area (Å²) in [6.45, 7) is 3.73. The van der Waals surface area contributed by atoms with Crippen LogP contribution in [0.5, 0.6) is 11.5 Å². The molecule has 1 aromatic heterocycles. The number of carboxylic acids is 1. The maximum absolute atomic E-state index is 14.9. The highest BCUT2D eigenvalue weighted by Crippen LogP contribution is 2.42. The SMILES string of the molecule is CCOCc1cc(OC)c(-c2ncc(C[C@H](NC(=O)c3c(F)cc(N[C@H](CC)CF)cc3F)C(=O)O)c3ccccc23)c(OC)c1.F.F. The predicted octanol–water partition coefficient (Wildman–Crippen LogP) is 6.62. The third kappa shape index (κ3) is 8.68. The first-order chi connectivity index (χ1) is 22.1. The molecule has 0 saturated heterocycles. The molecule has 0 radical (unpaired) electrons. The quantitative estimate of drug-likeness (QED) is 0.120. The number of amides is 1. The van der Waals surface area contributed by atoms with Gasteiger partial charge in [0, 0.05) is 30.3 Å². The molecule has 2 atom stereocenters. The highest BCUT2D eigenvalue weighted by atomic mass is 19.1. The summed E-state index contributed by atoms with van der Waals surface area (Å²) in [4.78, 5) is 29.9. The lowest BCUT2D eigenvalue weighted by molar-refractivity contribution is -0.139. The lowest BCUT2D eigenvalue weighted by Crippen LogP contribution is -2.43. The number of ether oxygens (including phenoxy) is 3. The molecule has 9 nitrogen and oxygen atoms in total. The van der Waals surface area contributed by atoms with E-state index in [0.29, 0.717) is 58.7 Å². The Bertz CT molecular complexity index is 1670. The van der Waals surface area contributed by atoms with E-state index < -0.39 is 47.8 Å². The van der Waals surface area contributed by atoms with Gasteiger partial charge < -0.3 is 30.0 Å². The zero-order valence-electron chi connectivity index (χ0n) is 26.8. The van der Waals surface area contributed by atoms with Crippen molar-refractivity contribution in [2.45, 2.75) is 45.4 Å². The molecule has 1 heterocycles. The summed E-state index contributed by atoms with van der Waals surface area (Å²) in [5.74, 6) is -4.11. The summed E-state index contributed by atoms with van der Waals surface area (Å²) in [5, 5.41) is 16.2. The Morgan fingerprint density at radius 1 is 0.958 bits per heavy atom. The zero-order valence-corrected chi connectivity index (χ0v) is 26.8. The van der Waals surface area contributed by atoms with Crippen LogP contribution in [-0.2, 0) is 22.6 Å². The number of fused-ring (bicyclic) bond motifs is 1. The molecular weight excluding hydrogens is 641 g/mol. The third-order valence-corrected chi connectivity index (χ3v) is 7.50. The van der Waals surface area contributed by atoms with Crippen molar-refractivity contribution in [3.63, 3.8) is 0 Å². The number of anilines is 1. The van der Waals surface area contributed by atoms with E-state index in [2.05, 4.69) is 15.6 Å². The van der Waals surface area contributed by atoms with Crippen molar-refractivity contribution in [2.24, 2.45) is 0 Å². The van der Waals surface area contributed by atoms with Gasteiger partial charge in [-0.3, -0.25) is 19.2 Å². The summed E-state index contributed by atoms with van der Waals surface area (Å²) >= 11 is 0. The van der Waals surface area contributed by atoms with Crippen molar-refractivity contribution in [3.05, 3.63) is 83.1 Å². The lowest BCUT2D eigenvalue weighted by Gasteiger charge is -2.19. The van der Waals surface area contributed by atoms with Crippen LogP contribution in [-0.4, -0.2) is 61.6 Å². The smallest absolute Gasteiger partial charge is 0.326 e. The molecule has 0 unspecified atom stereocenters. The van der Waals surface area contributed by atoms with E-state index in [1.54, 1.807) is 25.1 Å². The van der Waals surface area contributed by atoms with E-state index in [0.717, 1.165) is 17.7 Å². The number of carboxylic acid groups (broad SMARTS) is 1. The Morgan fingerprint density at radius 2 is 1.56 bits per heavy atom. The Hall–Kier alpha value is -4.98. The fourth-order valence-corrected chi connectivity index (χ4v) is 5.13. The number of nitrogens with zero attached hydrogens (tertiary/aromatic N) is 1. The number of halogens is 5. The predicted molar refractivity (Wildman–Crippen MR) is 173 cm³/mol. The number of hydrogen-bond acceptors (Lipinski definition) is 7. The number of aliphatic carboxylic acids is 1. The number of carbonyl (C=O) groups is 2. The fourth-order valence-electron chi connectivity index (χ4n) is 5.13. The van der Waals surface area contributed by atoms with Gasteiger partial charge in [0.15, 0.2) is 0 Å². The number of methoxy groups -OCH3 is 2. The molecule has 0 saturated carbocycles. The molecule has 48 heavy (non-hydrogen) atoms. The minimum absolute atomic E-state index is 0. The highest BCUT2D eigenvalue weighted by Gasteiger charge is 2.27. The van der Waals surface area contributed by atoms with Crippen molar-refractivity contribution in [2.75, 3.05) is 32.8 Å². The van der Waals surface area contributed by atoms with Gasteiger partial charge in [-0.25, -0.2) is 18.0 Å². The third-order valence-electron chi connectivity index (χ3n) is 7.50. The van der Waals surface area contributed by atoms with Crippen LogP contribution < -0.4 is 20.1 Å². The van der Waals surface area contributed by atoms with Gasteiger partial charge in [0.05, 0.1) is 38.1 Å². The number of alkyl halides is 1. The number of rotatable bonds is 15. The molecule has 14 heteroatoms. The standard InChI is InChI=1S/C34H36F3N3O6.2FH/c1-5-21(16-35)39-22-14-25(36)30(26(37)15-22)33(41)40-27(34(42)43)13-20-17-38-32(24-10-8-7-9-23(20)24)31-28(44-3)11-19(18-46-6-2)12-29(31)45-4;;/h7-12,14-15,17,21,27,39H,5-6,13,16,18H2,1-4H3,(H,40,41)(H,42,43);2*1H/t21-,27+;;/m1../s1. The van der Waals surface area contributed by atoms with Gasteiger partial charge in [-0.1, -0.05) is 31.2 Å². The average Bonchev–Trinajstić information content (AvgIpc) is 3.05. The van der Waals surface area contributed by atoms with Gasteiger partial charge in [0.25, 0.3) is 5.91 Å². The molecule has 0 spiro atoms.